The van der Waals surface area contributed by atoms with E-state index in [1.807, 2.05) is 0 Å². The monoisotopic (exact) mass is 626 g/mol. The van der Waals surface area contributed by atoms with Gasteiger partial charge in [0.15, 0.2) is 12.4 Å². The van der Waals surface area contributed by atoms with Crippen molar-refractivity contribution in [2.24, 2.45) is 0 Å². The topological polar surface area (TPSA) is 149 Å². The van der Waals surface area contributed by atoms with Crippen LogP contribution >= 0.6 is 0 Å². The fourth-order valence-electron chi connectivity index (χ4n) is 3.98. The van der Waals surface area contributed by atoms with Crippen LogP contribution in [-0.4, -0.2) is 63.6 Å². The van der Waals surface area contributed by atoms with Gasteiger partial charge in [-0.15, -0.1) is 0 Å². The van der Waals surface area contributed by atoms with E-state index in [-0.39, 0.29) is 14.7 Å². The van der Waals surface area contributed by atoms with Crippen molar-refractivity contribution in [3.63, 3.8) is 0 Å². The maximum Gasteiger partial charge on any atom is 0.297 e. The fraction of sp³-hybridized carbons (Fsp3) is 0.333. The molecule has 0 N–H and O–H groups in total. The molecule has 1 heterocycles. The molecule has 3 aromatic rings. The second-order valence-corrected chi connectivity index (χ2v) is 14.2. The van der Waals surface area contributed by atoms with Crippen molar-refractivity contribution in [1.29, 1.82) is 0 Å². The predicted octanol–water partition coefficient (Wildman–Crippen LogP) is 3.24. The van der Waals surface area contributed by atoms with E-state index >= 15 is 0 Å². The molecule has 4 rings (SSSR count). The number of rotatable bonds is 11. The van der Waals surface area contributed by atoms with Crippen molar-refractivity contribution in [1.82, 2.24) is 0 Å². The molecule has 1 aliphatic rings. The van der Waals surface area contributed by atoms with E-state index in [1.54, 1.807) is 57.2 Å². The molecule has 0 aliphatic carbocycles. The van der Waals surface area contributed by atoms with Crippen LogP contribution in [0.5, 0.6) is 0 Å². The molecule has 0 spiro atoms. The van der Waals surface area contributed by atoms with Crippen LogP contribution in [0.25, 0.3) is 0 Å². The molecule has 11 nitrogen and oxygen atoms in total. The molecule has 1 fully saturated rings. The minimum absolute atomic E-state index is 0.135. The first-order valence-electron chi connectivity index (χ1n) is 12.4. The molecule has 0 bridgehead atoms. The van der Waals surface area contributed by atoms with Crippen LogP contribution in [0.3, 0.4) is 0 Å². The molecular formula is C27H30O11S3. The minimum Gasteiger partial charge on any atom is -0.353 e. The molecule has 14 heteroatoms. The average molecular weight is 627 g/mol. The van der Waals surface area contributed by atoms with Gasteiger partial charge in [-0.2, -0.15) is 25.3 Å². The van der Waals surface area contributed by atoms with Gasteiger partial charge in [0.25, 0.3) is 30.4 Å². The third kappa shape index (κ3) is 7.40. The van der Waals surface area contributed by atoms with E-state index in [4.69, 9.17) is 22.0 Å². The number of ether oxygens (including phenoxy) is 2. The summed E-state index contributed by atoms with van der Waals surface area (Å²) < 4.78 is 105. The zero-order chi connectivity index (χ0) is 30.0. The zero-order valence-electron chi connectivity index (χ0n) is 22.7. The van der Waals surface area contributed by atoms with Gasteiger partial charge in [0.05, 0.1) is 21.3 Å². The van der Waals surface area contributed by atoms with Gasteiger partial charge in [-0.25, -0.2) is 0 Å². The summed E-state index contributed by atoms with van der Waals surface area (Å²) in [6.07, 6.45) is -6.22. The van der Waals surface area contributed by atoms with Gasteiger partial charge in [-0.3, -0.25) is 12.5 Å². The molecule has 0 unspecified atom stereocenters. The summed E-state index contributed by atoms with van der Waals surface area (Å²) >= 11 is 0. The highest BCUT2D eigenvalue weighted by atomic mass is 32.2. The average Bonchev–Trinajstić information content (AvgIpc) is 3.23. The molecule has 0 amide bonds. The Morgan fingerprint density at radius 2 is 0.951 bits per heavy atom. The second-order valence-electron chi connectivity index (χ2n) is 9.49. The van der Waals surface area contributed by atoms with Gasteiger partial charge in [0.2, 0.25) is 0 Å². The number of methoxy groups -OCH3 is 1. The summed E-state index contributed by atoms with van der Waals surface area (Å²) in [6.45, 7) is 4.61. The molecule has 222 valence electrons. The fourth-order valence-corrected chi connectivity index (χ4v) is 7.08. The molecule has 0 radical (unpaired) electrons. The first kappa shape index (κ1) is 31.3. The highest BCUT2D eigenvalue weighted by Crippen LogP contribution is 2.33. The van der Waals surface area contributed by atoms with Crippen molar-refractivity contribution in [3.8, 4) is 0 Å². The third-order valence-electron chi connectivity index (χ3n) is 6.29. The smallest absolute Gasteiger partial charge is 0.297 e. The maximum atomic E-state index is 13.2. The van der Waals surface area contributed by atoms with E-state index < -0.39 is 61.6 Å². The van der Waals surface area contributed by atoms with E-state index in [9.17, 15) is 25.3 Å². The quantitative estimate of drug-likeness (QED) is 0.289. The molecule has 1 aliphatic heterocycles. The second kappa shape index (κ2) is 12.3. The lowest BCUT2D eigenvalue weighted by molar-refractivity contribution is -0.146. The Balaban J connectivity index is 1.66. The molecule has 4 atom stereocenters. The Morgan fingerprint density at radius 1 is 0.585 bits per heavy atom. The van der Waals surface area contributed by atoms with Crippen LogP contribution in [0, 0.1) is 20.8 Å². The van der Waals surface area contributed by atoms with Gasteiger partial charge in [0.1, 0.15) is 12.2 Å². The first-order valence-corrected chi connectivity index (χ1v) is 16.6. The minimum atomic E-state index is -4.51. The van der Waals surface area contributed by atoms with E-state index in [2.05, 4.69) is 0 Å². The molecule has 3 aromatic carbocycles. The van der Waals surface area contributed by atoms with Crippen LogP contribution in [0.1, 0.15) is 16.7 Å². The summed E-state index contributed by atoms with van der Waals surface area (Å²) in [6, 6.07) is 17.4. The summed E-state index contributed by atoms with van der Waals surface area (Å²) in [5, 5.41) is 0. The highest BCUT2D eigenvalue weighted by molar-refractivity contribution is 7.87. The standard InChI is InChI=1S/C27H30O11S3/c1-18-5-11-21(12-6-18)39(28,29)35-17-24-25(37-40(30,31)22-13-7-19(2)8-14-22)26(27(34-4)36-24)38-41(32,33)23-15-9-20(3)10-16-23/h5-16,24-27H,17H2,1-4H3/t24-,25-,26-,27-/m1/s1. The number of benzene rings is 3. The van der Waals surface area contributed by atoms with E-state index in [0.29, 0.717) is 0 Å². The van der Waals surface area contributed by atoms with Crippen LogP contribution in [-0.2, 0) is 52.4 Å². The number of hydrogen-bond donors (Lipinski definition) is 0. The predicted molar refractivity (Wildman–Crippen MR) is 146 cm³/mol. The van der Waals surface area contributed by atoms with Crippen LogP contribution < -0.4 is 0 Å². The summed E-state index contributed by atoms with van der Waals surface area (Å²) in [5.74, 6) is 0. The Bertz CT molecular complexity index is 1670. The highest BCUT2D eigenvalue weighted by Gasteiger charge is 2.52. The summed E-state index contributed by atoms with van der Waals surface area (Å²) in [5.41, 5.74) is 2.43. The van der Waals surface area contributed by atoms with Crippen molar-refractivity contribution in [2.45, 2.75) is 60.1 Å². The van der Waals surface area contributed by atoms with Crippen molar-refractivity contribution >= 4 is 30.4 Å². The number of aryl methyl sites for hydroxylation is 3. The Morgan fingerprint density at radius 3 is 1.34 bits per heavy atom. The van der Waals surface area contributed by atoms with Crippen molar-refractivity contribution < 1.29 is 47.3 Å². The molecular weight excluding hydrogens is 596 g/mol. The van der Waals surface area contributed by atoms with Crippen molar-refractivity contribution in [2.75, 3.05) is 13.7 Å². The SMILES string of the molecule is CO[C@@H]1O[C@H](COS(=O)(=O)c2ccc(C)cc2)[C@@H](OS(=O)(=O)c2ccc(C)cc2)[C@H]1OS(=O)(=O)c1ccc(C)cc1. The van der Waals surface area contributed by atoms with Crippen LogP contribution in [0.2, 0.25) is 0 Å². The maximum absolute atomic E-state index is 13.2. The normalized spacial score (nSPS) is 21.7. The molecule has 1 saturated heterocycles. The Kier molecular flexibility index (Phi) is 9.35. The molecule has 41 heavy (non-hydrogen) atoms. The lowest BCUT2D eigenvalue weighted by Crippen LogP contribution is -2.42. The van der Waals surface area contributed by atoms with Gasteiger partial charge < -0.3 is 9.47 Å². The van der Waals surface area contributed by atoms with Gasteiger partial charge in [-0.1, -0.05) is 53.1 Å². The van der Waals surface area contributed by atoms with Crippen molar-refractivity contribution in [3.05, 3.63) is 89.5 Å². The molecule has 0 saturated carbocycles. The summed E-state index contributed by atoms with van der Waals surface area (Å²) in [4.78, 5) is -0.542. The number of hydrogen-bond acceptors (Lipinski definition) is 11. The third-order valence-corrected chi connectivity index (χ3v) is 10.2. The lowest BCUT2D eigenvalue weighted by Gasteiger charge is -2.23. The van der Waals surface area contributed by atoms with Crippen LogP contribution in [0.15, 0.2) is 87.5 Å². The summed E-state index contributed by atoms with van der Waals surface area (Å²) in [7, 11) is -12.1. The van der Waals surface area contributed by atoms with Gasteiger partial charge >= 0.3 is 0 Å². The largest absolute Gasteiger partial charge is 0.353 e. The first-order chi connectivity index (χ1) is 19.2. The van der Waals surface area contributed by atoms with Gasteiger partial charge in [-0.05, 0) is 57.2 Å². The zero-order valence-corrected chi connectivity index (χ0v) is 25.1. The molecule has 0 aromatic heterocycles. The Hall–Kier alpha value is -2.69. The van der Waals surface area contributed by atoms with Gasteiger partial charge in [0, 0.05) is 7.11 Å². The van der Waals surface area contributed by atoms with E-state index in [1.165, 1.54) is 43.5 Å². The van der Waals surface area contributed by atoms with E-state index in [0.717, 1.165) is 16.7 Å². The van der Waals surface area contributed by atoms with Crippen LogP contribution in [0.4, 0.5) is 0 Å². The Labute approximate surface area is 240 Å². The lowest BCUT2D eigenvalue weighted by atomic mass is 10.1.